The number of hydrogen-bond donors (Lipinski definition) is 19. The highest BCUT2D eigenvalue weighted by Crippen LogP contribution is 2.78. The van der Waals surface area contributed by atoms with Crippen molar-refractivity contribution in [3.05, 3.63) is 179 Å². The number of carbonyl (C=O) groups is 9. The molecule has 0 bridgehead atoms. The second-order valence-corrected chi connectivity index (χ2v) is 48.0. The summed E-state index contributed by atoms with van der Waals surface area (Å²) in [4.78, 5) is 215. The lowest BCUT2D eigenvalue weighted by Gasteiger charge is -2.45. The Morgan fingerprint density at radius 2 is 0.929 bits per heavy atom. The highest BCUT2D eigenvalue weighted by molar-refractivity contribution is 7.73. The van der Waals surface area contributed by atoms with Crippen LogP contribution in [-0.2, 0) is 99.0 Å². The van der Waals surface area contributed by atoms with Gasteiger partial charge < -0.3 is 129 Å². The number of allylic oxidation sites excluding steroid dienone is 1. The molecular formula is C87H125Cl4N7O36P6. The Morgan fingerprint density at radius 1 is 0.507 bits per heavy atom. The van der Waals surface area contributed by atoms with Gasteiger partial charge in [0, 0.05) is 43.6 Å². The summed E-state index contributed by atoms with van der Waals surface area (Å²) in [5, 5.41) is 40.5. The summed E-state index contributed by atoms with van der Waals surface area (Å²) < 4.78 is 98.6. The average molecular weight is 2170 g/mol. The van der Waals surface area contributed by atoms with E-state index in [1.807, 2.05) is 121 Å². The van der Waals surface area contributed by atoms with Crippen molar-refractivity contribution in [1.29, 1.82) is 0 Å². The van der Waals surface area contributed by atoms with Gasteiger partial charge in [-0.3, -0.25) is 56.4 Å². The monoisotopic (exact) mass is 2170 g/mol. The molecule has 14 atom stereocenters. The number of likely N-dealkylation sites (tertiary alicyclic amines) is 1. The van der Waals surface area contributed by atoms with E-state index in [-0.39, 0.29) is 229 Å². The largest absolute Gasteiger partial charge is 0.469 e. The molecule has 53 heteroatoms. The van der Waals surface area contributed by atoms with Gasteiger partial charge in [0.2, 0.25) is 17.1 Å². The number of methoxy groups -OCH3 is 3. The number of nitrogens with zero attached hydrogens (tertiary/aromatic N) is 3. The molecule has 3 aliphatic carbocycles. The number of fused-ring (bicyclic) bond motifs is 5. The number of cyclic esters (lactones) is 3. The zero-order chi connectivity index (χ0) is 101. The number of ether oxygens (including phenoxy) is 6. The molecule has 19 N–H and O–H groups in total. The molecule has 12 aliphatic rings. The fourth-order valence-electron chi connectivity index (χ4n) is 19.8. The Bertz CT molecular complexity index is 4960. The van der Waals surface area contributed by atoms with E-state index in [1.54, 1.807) is 0 Å². The molecule has 9 heterocycles. The third kappa shape index (κ3) is 29.3. The molecule has 140 heavy (non-hydrogen) atoms. The summed E-state index contributed by atoms with van der Waals surface area (Å²) >= 11 is 4.71. The zero-order valence-corrected chi connectivity index (χ0v) is 85.3. The Labute approximate surface area is 832 Å². The van der Waals surface area contributed by atoms with E-state index in [1.165, 1.54) is 31.1 Å². The van der Waals surface area contributed by atoms with Crippen LogP contribution in [0.3, 0.4) is 0 Å². The molecule has 782 valence electrons. The number of amides is 2. The molecule has 8 saturated heterocycles. The van der Waals surface area contributed by atoms with Crippen molar-refractivity contribution in [1.82, 2.24) is 36.0 Å². The molecule has 11 fully saturated rings. The first kappa shape index (κ1) is 122. The predicted octanol–water partition coefficient (Wildman–Crippen LogP) is 6.92. The molecule has 3 saturated carbocycles. The van der Waals surface area contributed by atoms with E-state index in [0.717, 1.165) is 112 Å². The lowest BCUT2D eigenvalue weighted by molar-refractivity contribution is -0.182. The second kappa shape index (κ2) is 53.5. The summed E-state index contributed by atoms with van der Waals surface area (Å²) in [6.07, 6.45) is 9.14. The van der Waals surface area contributed by atoms with Crippen LogP contribution < -0.4 is 21.3 Å². The van der Waals surface area contributed by atoms with Gasteiger partial charge in [-0.2, -0.15) is 0 Å². The maximum Gasteiger partial charge on any atom is 0.355 e. The van der Waals surface area contributed by atoms with Gasteiger partial charge in [0.1, 0.15) is 37.3 Å². The smallest absolute Gasteiger partial charge is 0.355 e. The van der Waals surface area contributed by atoms with Crippen molar-refractivity contribution in [3.8, 4) is 0 Å². The summed E-state index contributed by atoms with van der Waals surface area (Å²) in [5.41, 5.74) is 4.12. The second-order valence-electron chi connectivity index (χ2n) is 34.9. The third-order valence-corrected chi connectivity index (χ3v) is 40.4. The van der Waals surface area contributed by atoms with Crippen LogP contribution >= 0.6 is 94.4 Å². The Kier molecular flexibility index (Phi) is 46.5. The highest BCUT2D eigenvalue weighted by atomic mass is 35.5. The number of morpholine rings is 3. The minimum Gasteiger partial charge on any atom is -0.469 e. The molecule has 16 rings (SSSR count). The van der Waals surface area contributed by atoms with E-state index in [4.69, 9.17) is 35.3 Å². The lowest BCUT2D eigenvalue weighted by Crippen LogP contribution is -2.60. The van der Waals surface area contributed by atoms with Crippen molar-refractivity contribution in [2.45, 2.75) is 185 Å². The molecular weight excluding hydrogens is 2050 g/mol. The van der Waals surface area contributed by atoms with E-state index in [2.05, 4.69) is 37.5 Å². The number of aliphatic hydroxyl groups is 3. The Hall–Kier alpha value is -6.89. The topological polar surface area (TPSA) is 673 Å². The average Bonchev–Trinajstić information content (AvgIpc) is 1.20. The molecule has 4 aromatic carbocycles. The molecule has 0 spiro atoms. The third-order valence-electron chi connectivity index (χ3n) is 26.9. The van der Waals surface area contributed by atoms with Crippen LogP contribution in [0.2, 0.25) is 0 Å². The van der Waals surface area contributed by atoms with Gasteiger partial charge in [0.15, 0.2) is 14.7 Å². The van der Waals surface area contributed by atoms with E-state index < -0.39 is 119 Å². The number of nitrogens with one attached hydrogen (secondary N) is 4. The van der Waals surface area contributed by atoms with Crippen LogP contribution in [0.4, 0.5) is 0 Å². The van der Waals surface area contributed by atoms with Gasteiger partial charge in [-0.05, 0) is 193 Å². The molecule has 4 aromatic rings. The van der Waals surface area contributed by atoms with Crippen molar-refractivity contribution >= 4 is 147 Å². The number of hydrogen-bond acceptors (Lipinski definition) is 29. The number of esters is 6. The van der Waals surface area contributed by atoms with Gasteiger partial charge in [-0.1, -0.05) is 128 Å². The number of halogens is 4. The molecule has 0 aromatic heterocycles. The quantitative estimate of drug-likeness (QED) is 0.0158. The first-order valence-corrected chi connectivity index (χ1v) is 54.4. The standard InChI is InChI=1S/C16H17NO5.C16H15NO5.C15H23NO3.C13H13NO4.3C8H17NO6P2.C3H3ClO.3ClH/c2*1-21-15(19)11-7-8-13(18)17-12(9-22-16(20)14(11)17)10-5-3-2-4-6-10;17-9-13-7-4-8-16(15(13)11-19)14(10-18)12-5-2-1-3-6-12;1-17-12(15)7-10-13(16)18-8-11(14-10)9-5-3-2-4-6-9;3*10-16(11,12)8(17(13,14)15)4-6-2-1-3-9-7(6)5-8;1-2-3(4)5;;;/h2-6,11-12,14H,7-9H2,1H3;2-6,12H,7-9H2,1H3;1-3,5-6,13-15,17-19H,4,7-11H2;2-7,11,14H,8H2,1H3;3*6-7,9H,1-5H2,(H2,10,11,12)(H2,13,14,15);2H,1H2;3*1H/b;;;10-7-;;;;;;;/t11-,12+,14+;12-;13-,14-,15+;11-;2*6-,7+;6-,7-;;;;/m1000101..../s1. The Morgan fingerprint density at radius 3 is 1.32 bits per heavy atom. The zero-order valence-electron chi connectivity index (χ0n) is 76.7. The van der Waals surface area contributed by atoms with Gasteiger partial charge in [-0.25, -0.2) is 24.0 Å². The van der Waals surface area contributed by atoms with Gasteiger partial charge in [-0.15, -0.1) is 37.2 Å². The van der Waals surface area contributed by atoms with Gasteiger partial charge in [0.05, 0.1) is 76.3 Å². The van der Waals surface area contributed by atoms with Gasteiger partial charge in [0.25, 0.3) is 0 Å². The SMILES string of the molecule is C=CC(=O)Cl.COC(=O)/C=C1\N[C@H](c2ccccc2)COC1=O.COC(=O)C1=C2C(=O)OC[C@@H](c3ccccc3)N2C(=O)CC1.COC(=O)[C@@H]1CCC(=O)N2[C@@H]1C(=O)OC[C@H]2c1ccccc1.Cl.Cl.Cl.O=P(O)(O)C1(P(=O)(O)O)C[C@@H]2CCCN[C@@H]2C1.O=P(O)(O)C1(P(=O)(O)O)C[C@H]2CCCN[C@@H]2C1.O=P(O)(O)C1(P(=O)(O)O)C[C@H]2CCCN[C@H]2C1.OC[C@@H]1CCCN([C@@H](CO)c2ccccc2)[C@@H]1CO. The minimum atomic E-state index is -4.84. The van der Waals surface area contributed by atoms with Crippen molar-refractivity contribution in [3.63, 3.8) is 0 Å². The van der Waals surface area contributed by atoms with E-state index in [9.17, 15) is 145 Å². The fourth-order valence-corrected chi connectivity index (χ4v) is 29.3. The fraction of sp³-hybridized carbons (Fsp3) is 0.552. The van der Waals surface area contributed by atoms with Crippen molar-refractivity contribution < 1.29 is 173 Å². The molecule has 9 aliphatic heterocycles. The van der Waals surface area contributed by atoms with E-state index in [0.29, 0.717) is 6.42 Å². The number of rotatable bonds is 18. The normalized spacial score (nSPS) is 26.4. The number of carbonyl (C=O) groups excluding carboxylic acids is 9. The van der Waals surface area contributed by atoms with Crippen LogP contribution in [0.25, 0.3) is 0 Å². The van der Waals surface area contributed by atoms with Crippen LogP contribution in [0.15, 0.2) is 157 Å². The summed E-state index contributed by atoms with van der Waals surface area (Å²) in [7, 11) is -25.3. The van der Waals surface area contributed by atoms with Crippen LogP contribution in [0.1, 0.15) is 162 Å². The molecule has 2 amide bonds. The van der Waals surface area contributed by atoms with Crippen molar-refractivity contribution in [2.75, 3.05) is 87.1 Å². The number of piperidine rings is 5. The first-order valence-electron chi connectivity index (χ1n) is 44.3. The molecule has 0 unspecified atom stereocenters. The summed E-state index contributed by atoms with van der Waals surface area (Å²) in [6.45, 7) is 6.70. The van der Waals surface area contributed by atoms with Crippen LogP contribution in [-0.4, -0.2) is 274 Å². The lowest BCUT2D eigenvalue weighted by atomic mass is 9.85. The number of benzene rings is 4. The van der Waals surface area contributed by atoms with Crippen molar-refractivity contribution in [2.24, 2.45) is 29.6 Å². The Balaban J connectivity index is 0.000000248. The molecule has 43 nitrogen and oxygen atoms in total. The minimum absolute atomic E-state index is 0. The van der Waals surface area contributed by atoms with Crippen LogP contribution in [0.5, 0.6) is 0 Å². The summed E-state index contributed by atoms with van der Waals surface area (Å²) in [6, 6.07) is 35.5. The van der Waals surface area contributed by atoms with Crippen LogP contribution in [0, 0.1) is 29.6 Å². The summed E-state index contributed by atoms with van der Waals surface area (Å²) in [5.74, 6) is -4.45. The maximum atomic E-state index is 12.4. The first-order chi connectivity index (χ1) is 64.6. The number of aliphatic hydroxyl groups excluding tert-OH is 3. The van der Waals surface area contributed by atoms with E-state index >= 15 is 0 Å². The van der Waals surface area contributed by atoms with Gasteiger partial charge >= 0.3 is 81.4 Å². The highest BCUT2D eigenvalue weighted by Gasteiger charge is 2.69. The molecule has 0 radical (unpaired) electrons. The predicted molar refractivity (Wildman–Crippen MR) is 512 cm³/mol. The maximum absolute atomic E-state index is 12.4.